The molecule has 178 valence electrons. The molecule has 0 saturated heterocycles. The fraction of sp³-hybridized carbons (Fsp3) is 0.0357. The van der Waals surface area contributed by atoms with Crippen molar-refractivity contribution >= 4 is 51.5 Å². The van der Waals surface area contributed by atoms with E-state index in [-0.39, 0.29) is 10.9 Å². The second-order valence-corrected chi connectivity index (χ2v) is 8.94. The predicted octanol–water partition coefficient (Wildman–Crippen LogP) is 6.81. The van der Waals surface area contributed by atoms with E-state index in [1.165, 1.54) is 0 Å². The van der Waals surface area contributed by atoms with Crippen molar-refractivity contribution in [1.82, 2.24) is 5.32 Å². The number of thiocarbonyl (C=S) groups is 1. The summed E-state index contributed by atoms with van der Waals surface area (Å²) in [6.45, 7) is 1.89. The normalized spacial score (nSPS) is 10.8. The number of anilines is 1. The summed E-state index contributed by atoms with van der Waals surface area (Å²) >= 11 is 11.4. The lowest BCUT2D eigenvalue weighted by atomic mass is 10.0. The van der Waals surface area contributed by atoms with Gasteiger partial charge in [0.15, 0.2) is 10.9 Å². The zero-order valence-electron chi connectivity index (χ0n) is 19.0. The summed E-state index contributed by atoms with van der Waals surface area (Å²) in [5.41, 5.74) is 3.45. The number of hydrogen-bond acceptors (Lipinski definition) is 5. The largest absolute Gasteiger partial charge is 0.451 e. The number of carbonyl (C=O) groups is 1. The van der Waals surface area contributed by atoms with E-state index in [4.69, 9.17) is 32.7 Å². The number of carbonyl (C=O) groups excluding carboxylic acids is 1. The molecule has 1 amide bonds. The number of amides is 1. The number of aryl methyl sites for hydroxylation is 1. The summed E-state index contributed by atoms with van der Waals surface area (Å²) in [5.74, 6) is 0.123. The van der Waals surface area contributed by atoms with Crippen LogP contribution < -0.4 is 16.3 Å². The molecule has 0 aliphatic rings. The van der Waals surface area contributed by atoms with Crippen molar-refractivity contribution in [1.29, 1.82) is 0 Å². The Hall–Kier alpha value is -4.20. The molecular weight excluding hydrogens is 496 g/mol. The molecule has 0 aliphatic carbocycles. The lowest BCUT2D eigenvalue weighted by molar-refractivity contribution is 0.0951. The number of furan rings is 1. The number of fused-ring (bicyclic) bond motifs is 1. The molecule has 0 aliphatic heterocycles. The van der Waals surface area contributed by atoms with Crippen LogP contribution in [0.3, 0.4) is 0 Å². The van der Waals surface area contributed by atoms with Gasteiger partial charge in [0, 0.05) is 21.7 Å². The van der Waals surface area contributed by atoms with Gasteiger partial charge in [0.05, 0.1) is 5.56 Å². The second kappa shape index (κ2) is 9.81. The van der Waals surface area contributed by atoms with Crippen LogP contribution in [0, 0.1) is 6.92 Å². The molecule has 0 fully saturated rings. The van der Waals surface area contributed by atoms with Crippen LogP contribution >= 0.6 is 23.8 Å². The van der Waals surface area contributed by atoms with Crippen molar-refractivity contribution in [2.75, 3.05) is 5.32 Å². The van der Waals surface area contributed by atoms with Crippen molar-refractivity contribution in [2.45, 2.75) is 6.92 Å². The summed E-state index contributed by atoms with van der Waals surface area (Å²) in [5, 5.41) is 7.13. The first-order chi connectivity index (χ1) is 17.4. The minimum absolute atomic E-state index is 0.0894. The smallest absolute Gasteiger partial charge is 0.344 e. The SMILES string of the molecule is Cc1ccc(-c2cc3ccccc3oc2=O)cc1NC(=S)NC(=O)c1ccc(-c2cccc(Cl)c2)o1. The van der Waals surface area contributed by atoms with Crippen LogP contribution in [-0.4, -0.2) is 11.0 Å². The van der Waals surface area contributed by atoms with E-state index in [1.54, 1.807) is 48.5 Å². The lowest BCUT2D eigenvalue weighted by Gasteiger charge is -2.13. The van der Waals surface area contributed by atoms with Gasteiger partial charge in [-0.3, -0.25) is 10.1 Å². The van der Waals surface area contributed by atoms with Crippen LogP contribution in [0.5, 0.6) is 0 Å². The lowest BCUT2D eigenvalue weighted by Crippen LogP contribution is -2.34. The quantitative estimate of drug-likeness (QED) is 0.202. The van der Waals surface area contributed by atoms with Gasteiger partial charge in [-0.05, 0) is 72.7 Å². The van der Waals surface area contributed by atoms with Gasteiger partial charge in [0.25, 0.3) is 5.91 Å². The summed E-state index contributed by atoms with van der Waals surface area (Å²) in [6, 6.07) is 25.0. The topological polar surface area (TPSA) is 84.5 Å². The Bertz CT molecular complexity index is 1690. The Morgan fingerprint density at radius 3 is 2.56 bits per heavy atom. The highest BCUT2D eigenvalue weighted by atomic mass is 35.5. The minimum Gasteiger partial charge on any atom is -0.451 e. The molecule has 2 N–H and O–H groups in total. The van der Waals surface area contributed by atoms with E-state index >= 15 is 0 Å². The molecule has 0 spiro atoms. The third-order valence-electron chi connectivity index (χ3n) is 5.60. The maximum absolute atomic E-state index is 12.7. The molecule has 0 bridgehead atoms. The molecule has 0 atom stereocenters. The predicted molar refractivity (Wildman–Crippen MR) is 145 cm³/mol. The van der Waals surface area contributed by atoms with Crippen LogP contribution in [0.25, 0.3) is 33.4 Å². The fourth-order valence-electron chi connectivity index (χ4n) is 3.76. The molecule has 3 aromatic carbocycles. The van der Waals surface area contributed by atoms with E-state index in [1.807, 2.05) is 43.3 Å². The Labute approximate surface area is 216 Å². The van der Waals surface area contributed by atoms with Gasteiger partial charge < -0.3 is 14.2 Å². The second-order valence-electron chi connectivity index (χ2n) is 8.10. The molecule has 2 aromatic heterocycles. The van der Waals surface area contributed by atoms with Gasteiger partial charge in [-0.1, -0.05) is 54.1 Å². The van der Waals surface area contributed by atoms with Crippen molar-refractivity contribution in [3.8, 4) is 22.5 Å². The Kier molecular flexibility index (Phi) is 6.41. The zero-order valence-corrected chi connectivity index (χ0v) is 20.6. The van der Waals surface area contributed by atoms with Gasteiger partial charge in [-0.2, -0.15) is 0 Å². The standard InChI is InChI=1S/C28H19ClN2O4S/c1-16-9-10-17(21-14-19-5-2-3-8-23(19)35-27(21)33)15-22(16)30-28(36)31-26(32)25-12-11-24(34-25)18-6-4-7-20(29)13-18/h2-15H,1H3,(H2,30,31,32,36). The van der Waals surface area contributed by atoms with Gasteiger partial charge in [-0.25, -0.2) is 4.79 Å². The first kappa shape index (κ1) is 23.5. The number of para-hydroxylation sites is 1. The summed E-state index contributed by atoms with van der Waals surface area (Å²) in [7, 11) is 0. The fourth-order valence-corrected chi connectivity index (χ4v) is 4.16. The summed E-state index contributed by atoms with van der Waals surface area (Å²) < 4.78 is 11.1. The summed E-state index contributed by atoms with van der Waals surface area (Å²) in [4.78, 5) is 25.3. The molecule has 0 saturated carbocycles. The van der Waals surface area contributed by atoms with Gasteiger partial charge in [-0.15, -0.1) is 0 Å². The van der Waals surface area contributed by atoms with Gasteiger partial charge in [0.1, 0.15) is 11.3 Å². The number of nitrogens with one attached hydrogen (secondary N) is 2. The monoisotopic (exact) mass is 514 g/mol. The van der Waals surface area contributed by atoms with Crippen molar-refractivity contribution in [3.63, 3.8) is 0 Å². The van der Waals surface area contributed by atoms with Crippen LogP contribution in [0.2, 0.25) is 5.02 Å². The van der Waals surface area contributed by atoms with E-state index < -0.39 is 11.5 Å². The van der Waals surface area contributed by atoms with Gasteiger partial charge >= 0.3 is 5.63 Å². The van der Waals surface area contributed by atoms with Crippen LogP contribution in [-0.2, 0) is 0 Å². The third kappa shape index (κ3) is 4.93. The maximum Gasteiger partial charge on any atom is 0.344 e. The average Bonchev–Trinajstić information content (AvgIpc) is 3.36. The van der Waals surface area contributed by atoms with Gasteiger partial charge in [0.2, 0.25) is 0 Å². The Morgan fingerprint density at radius 1 is 0.889 bits per heavy atom. The third-order valence-corrected chi connectivity index (χ3v) is 6.04. The molecular formula is C28H19ClN2O4S. The number of benzene rings is 3. The molecule has 36 heavy (non-hydrogen) atoms. The minimum atomic E-state index is -0.496. The zero-order chi connectivity index (χ0) is 25.2. The average molecular weight is 515 g/mol. The first-order valence-corrected chi connectivity index (χ1v) is 11.8. The van der Waals surface area contributed by atoms with Crippen LogP contribution in [0.4, 0.5) is 5.69 Å². The van der Waals surface area contributed by atoms with E-state index in [2.05, 4.69) is 10.6 Å². The molecule has 5 rings (SSSR count). The highest BCUT2D eigenvalue weighted by Crippen LogP contribution is 2.27. The molecule has 0 radical (unpaired) electrons. The van der Waals surface area contributed by atoms with Crippen molar-refractivity contribution < 1.29 is 13.6 Å². The Balaban J connectivity index is 1.33. The van der Waals surface area contributed by atoms with Crippen molar-refractivity contribution in [3.05, 3.63) is 112 Å². The molecule has 0 unspecified atom stereocenters. The highest BCUT2D eigenvalue weighted by Gasteiger charge is 2.15. The Morgan fingerprint density at radius 2 is 1.72 bits per heavy atom. The molecule has 8 heteroatoms. The first-order valence-electron chi connectivity index (χ1n) is 11.0. The van der Waals surface area contributed by atoms with E-state index in [9.17, 15) is 9.59 Å². The van der Waals surface area contributed by atoms with Crippen LogP contribution in [0.15, 0.2) is 98.6 Å². The maximum atomic E-state index is 12.7. The van der Waals surface area contributed by atoms with Crippen LogP contribution in [0.1, 0.15) is 16.1 Å². The molecule has 6 nitrogen and oxygen atoms in total. The number of halogens is 1. The number of hydrogen-bond donors (Lipinski definition) is 2. The van der Waals surface area contributed by atoms with E-state index in [0.717, 1.165) is 16.5 Å². The molecule has 5 aromatic rings. The summed E-state index contributed by atoms with van der Waals surface area (Å²) in [6.07, 6.45) is 0. The highest BCUT2D eigenvalue weighted by molar-refractivity contribution is 7.80. The number of rotatable bonds is 4. The molecule has 2 heterocycles. The van der Waals surface area contributed by atoms with Crippen molar-refractivity contribution in [2.24, 2.45) is 0 Å². The van der Waals surface area contributed by atoms with E-state index in [0.29, 0.717) is 33.2 Å².